The SMILES string of the molecule is N#Cc1c(F)ccc(C(F)(F)F)c1S. The Balaban J connectivity index is 3.46. The molecule has 0 heterocycles. The highest BCUT2D eigenvalue weighted by molar-refractivity contribution is 7.80. The molecular weight excluding hydrogens is 218 g/mol. The van der Waals surface area contributed by atoms with E-state index in [1.165, 1.54) is 6.07 Å². The van der Waals surface area contributed by atoms with Crippen LogP contribution in [0.15, 0.2) is 17.0 Å². The maximum atomic E-state index is 12.8. The fourth-order valence-corrected chi connectivity index (χ4v) is 1.26. The highest BCUT2D eigenvalue weighted by atomic mass is 32.1. The molecule has 0 radical (unpaired) electrons. The summed E-state index contributed by atoms with van der Waals surface area (Å²) in [7, 11) is 0. The van der Waals surface area contributed by atoms with Gasteiger partial charge in [0.15, 0.2) is 0 Å². The third kappa shape index (κ3) is 1.82. The number of nitrogens with zero attached hydrogens (tertiary/aromatic N) is 1. The molecule has 0 aliphatic carbocycles. The zero-order valence-electron chi connectivity index (χ0n) is 6.56. The van der Waals surface area contributed by atoms with Crippen molar-refractivity contribution in [3.63, 3.8) is 0 Å². The quantitative estimate of drug-likeness (QED) is 0.528. The summed E-state index contributed by atoms with van der Waals surface area (Å²) in [6.45, 7) is 0. The average Bonchev–Trinajstić information content (AvgIpc) is 2.02. The van der Waals surface area contributed by atoms with E-state index in [4.69, 9.17) is 5.26 Å². The maximum Gasteiger partial charge on any atom is 0.417 e. The number of nitriles is 1. The lowest BCUT2D eigenvalue weighted by atomic mass is 10.1. The second-order valence-corrected chi connectivity index (χ2v) is 2.88. The lowest BCUT2D eigenvalue weighted by Crippen LogP contribution is -2.07. The Morgan fingerprint density at radius 2 is 1.86 bits per heavy atom. The van der Waals surface area contributed by atoms with Crippen LogP contribution in [0.25, 0.3) is 0 Å². The number of halogens is 4. The highest BCUT2D eigenvalue weighted by Gasteiger charge is 2.34. The van der Waals surface area contributed by atoms with Gasteiger partial charge in [0.1, 0.15) is 17.4 Å². The Bertz CT molecular complexity index is 405. The van der Waals surface area contributed by atoms with Gasteiger partial charge >= 0.3 is 6.18 Å². The molecule has 0 aliphatic rings. The standard InChI is InChI=1S/C8H3F4NS/c9-6-2-1-5(8(10,11)12)7(14)4(6)3-13/h1-2,14H. The van der Waals surface area contributed by atoms with Gasteiger partial charge in [0.2, 0.25) is 0 Å². The third-order valence-electron chi connectivity index (χ3n) is 1.54. The molecule has 0 saturated carbocycles. The van der Waals surface area contributed by atoms with Gasteiger partial charge in [-0.25, -0.2) is 4.39 Å². The first kappa shape index (κ1) is 10.9. The lowest BCUT2D eigenvalue weighted by Gasteiger charge is -2.10. The van der Waals surface area contributed by atoms with E-state index >= 15 is 0 Å². The Kier molecular flexibility index (Phi) is 2.71. The first-order valence-electron chi connectivity index (χ1n) is 3.36. The summed E-state index contributed by atoms with van der Waals surface area (Å²) in [5, 5.41) is 8.38. The molecule has 0 bridgehead atoms. The van der Waals surface area contributed by atoms with Crippen molar-refractivity contribution in [2.24, 2.45) is 0 Å². The van der Waals surface area contributed by atoms with Gasteiger partial charge in [0.25, 0.3) is 0 Å². The van der Waals surface area contributed by atoms with Crippen molar-refractivity contribution in [1.82, 2.24) is 0 Å². The number of rotatable bonds is 0. The molecule has 0 atom stereocenters. The first-order chi connectivity index (χ1) is 6.38. The molecule has 0 unspecified atom stereocenters. The van der Waals surface area contributed by atoms with Crippen LogP contribution in [0, 0.1) is 17.1 Å². The molecule has 0 amide bonds. The van der Waals surface area contributed by atoms with Crippen LogP contribution < -0.4 is 0 Å². The first-order valence-corrected chi connectivity index (χ1v) is 3.81. The molecule has 0 N–H and O–H groups in total. The Morgan fingerprint density at radius 1 is 1.29 bits per heavy atom. The monoisotopic (exact) mass is 221 g/mol. The molecule has 0 spiro atoms. The predicted molar refractivity (Wildman–Crippen MR) is 43.4 cm³/mol. The summed E-state index contributed by atoms with van der Waals surface area (Å²) in [5.74, 6) is -1.01. The minimum absolute atomic E-state index is 0.554. The number of alkyl halides is 3. The Hall–Kier alpha value is -1.22. The van der Waals surface area contributed by atoms with Gasteiger partial charge < -0.3 is 0 Å². The van der Waals surface area contributed by atoms with Crippen molar-refractivity contribution in [2.45, 2.75) is 11.1 Å². The largest absolute Gasteiger partial charge is 0.417 e. The van der Waals surface area contributed by atoms with Crippen molar-refractivity contribution < 1.29 is 17.6 Å². The fourth-order valence-electron chi connectivity index (χ4n) is 0.902. The van der Waals surface area contributed by atoms with E-state index in [2.05, 4.69) is 12.6 Å². The third-order valence-corrected chi connectivity index (χ3v) is 2.01. The van der Waals surface area contributed by atoms with Crippen LogP contribution in [-0.4, -0.2) is 0 Å². The molecule has 1 nitrogen and oxygen atoms in total. The summed E-state index contributed by atoms with van der Waals surface area (Å²) in [6, 6.07) is 2.48. The molecule has 0 fully saturated rings. The maximum absolute atomic E-state index is 12.8. The van der Waals surface area contributed by atoms with E-state index in [0.29, 0.717) is 12.1 Å². The van der Waals surface area contributed by atoms with Gasteiger partial charge in [-0.2, -0.15) is 18.4 Å². The lowest BCUT2D eigenvalue weighted by molar-refractivity contribution is -0.139. The van der Waals surface area contributed by atoms with Crippen molar-refractivity contribution in [3.8, 4) is 6.07 Å². The fraction of sp³-hybridized carbons (Fsp3) is 0.125. The van der Waals surface area contributed by atoms with Crippen molar-refractivity contribution in [2.75, 3.05) is 0 Å². The second-order valence-electron chi connectivity index (χ2n) is 2.43. The Morgan fingerprint density at radius 3 is 2.29 bits per heavy atom. The molecule has 0 saturated heterocycles. The van der Waals surface area contributed by atoms with Crippen molar-refractivity contribution >= 4 is 12.6 Å². The van der Waals surface area contributed by atoms with Crippen molar-refractivity contribution in [1.29, 1.82) is 5.26 Å². The average molecular weight is 221 g/mol. The summed E-state index contributed by atoms with van der Waals surface area (Å²) < 4.78 is 49.4. The van der Waals surface area contributed by atoms with Crippen LogP contribution in [0.5, 0.6) is 0 Å². The van der Waals surface area contributed by atoms with Gasteiger partial charge in [-0.1, -0.05) is 0 Å². The molecule has 1 aromatic carbocycles. The van der Waals surface area contributed by atoms with Gasteiger partial charge in [-0.15, -0.1) is 12.6 Å². The minimum Gasteiger partial charge on any atom is -0.206 e. The number of hydrogen-bond acceptors (Lipinski definition) is 2. The minimum atomic E-state index is -4.63. The van der Waals surface area contributed by atoms with Crippen molar-refractivity contribution in [3.05, 3.63) is 29.1 Å². The highest BCUT2D eigenvalue weighted by Crippen LogP contribution is 2.35. The van der Waals surface area contributed by atoms with Gasteiger partial charge in [0, 0.05) is 4.90 Å². The summed E-state index contributed by atoms with van der Waals surface area (Å²) >= 11 is 3.47. The van der Waals surface area contributed by atoms with Crippen LogP contribution in [0.2, 0.25) is 0 Å². The summed E-state index contributed by atoms with van der Waals surface area (Å²) in [6.07, 6.45) is -4.63. The van der Waals surface area contributed by atoms with E-state index in [1.807, 2.05) is 0 Å². The molecule has 0 aliphatic heterocycles. The number of hydrogen-bond donors (Lipinski definition) is 1. The van der Waals surface area contributed by atoms with Crippen LogP contribution in [0.3, 0.4) is 0 Å². The van der Waals surface area contributed by atoms with Gasteiger partial charge in [-0.05, 0) is 12.1 Å². The predicted octanol–water partition coefficient (Wildman–Crippen LogP) is 3.00. The molecule has 0 aromatic heterocycles. The van der Waals surface area contributed by atoms with E-state index < -0.39 is 28.0 Å². The van der Waals surface area contributed by atoms with Crippen LogP contribution in [0.4, 0.5) is 17.6 Å². The Labute approximate surface area is 82.4 Å². The normalized spacial score (nSPS) is 11.1. The molecule has 1 rings (SSSR count). The van der Waals surface area contributed by atoms with Gasteiger partial charge in [0.05, 0.1) is 5.56 Å². The molecule has 74 valence electrons. The number of thiol groups is 1. The molecule has 14 heavy (non-hydrogen) atoms. The van der Waals surface area contributed by atoms with E-state index in [-0.39, 0.29) is 0 Å². The van der Waals surface area contributed by atoms with Crippen LogP contribution >= 0.6 is 12.6 Å². The smallest absolute Gasteiger partial charge is 0.206 e. The van der Waals surface area contributed by atoms with Gasteiger partial charge in [-0.3, -0.25) is 0 Å². The van der Waals surface area contributed by atoms with E-state index in [0.717, 1.165) is 0 Å². The zero-order valence-corrected chi connectivity index (χ0v) is 7.46. The van der Waals surface area contributed by atoms with Crippen LogP contribution in [-0.2, 0) is 6.18 Å². The molecule has 1 aromatic rings. The van der Waals surface area contributed by atoms with E-state index in [1.54, 1.807) is 0 Å². The summed E-state index contributed by atoms with van der Waals surface area (Å²) in [5.41, 5.74) is -1.80. The van der Waals surface area contributed by atoms with Crippen LogP contribution in [0.1, 0.15) is 11.1 Å². The molecular formula is C8H3F4NS. The molecule has 6 heteroatoms. The topological polar surface area (TPSA) is 23.8 Å². The van der Waals surface area contributed by atoms with E-state index in [9.17, 15) is 17.6 Å². The second kappa shape index (κ2) is 3.50. The zero-order chi connectivity index (χ0) is 10.9. The summed E-state index contributed by atoms with van der Waals surface area (Å²) in [4.78, 5) is -0.681. The number of benzene rings is 1.